The lowest BCUT2D eigenvalue weighted by molar-refractivity contribution is -0.257. The number of benzene rings is 1. The van der Waals surface area contributed by atoms with E-state index in [1.165, 1.54) is 34.8 Å². The first-order valence-corrected chi connectivity index (χ1v) is 9.81. The fraction of sp³-hybridized carbons (Fsp3) is 0.524. The molecule has 1 aromatic carbocycles. The minimum atomic E-state index is -1.19. The Kier molecular flexibility index (Phi) is 8.82. The summed E-state index contributed by atoms with van der Waals surface area (Å²) in [6.07, 6.45) is -4.61. The molecule has 1 N–H and O–H groups in total. The van der Waals surface area contributed by atoms with Crippen LogP contribution in [0.1, 0.15) is 27.7 Å². The van der Waals surface area contributed by atoms with Gasteiger partial charge in [0, 0.05) is 33.8 Å². The van der Waals surface area contributed by atoms with E-state index in [4.69, 9.17) is 28.4 Å². The van der Waals surface area contributed by atoms with Crippen molar-refractivity contribution < 1.29 is 47.6 Å². The van der Waals surface area contributed by atoms with E-state index in [0.717, 1.165) is 0 Å². The van der Waals surface area contributed by atoms with E-state index >= 15 is 0 Å². The molecule has 32 heavy (non-hydrogen) atoms. The third kappa shape index (κ3) is 7.12. The maximum absolute atomic E-state index is 11.9. The molecule has 1 amide bonds. The highest BCUT2D eigenvalue weighted by atomic mass is 16.7. The van der Waals surface area contributed by atoms with E-state index in [0.29, 0.717) is 11.5 Å². The molecule has 0 bridgehead atoms. The van der Waals surface area contributed by atoms with Crippen LogP contribution in [0.15, 0.2) is 24.3 Å². The smallest absolute Gasteiger partial charge is 0.303 e. The molecule has 0 spiro atoms. The van der Waals surface area contributed by atoms with Crippen LogP contribution in [-0.2, 0) is 38.1 Å². The fourth-order valence-corrected chi connectivity index (χ4v) is 3.20. The van der Waals surface area contributed by atoms with Gasteiger partial charge in [-0.2, -0.15) is 0 Å². The van der Waals surface area contributed by atoms with Crippen LogP contribution >= 0.6 is 0 Å². The van der Waals surface area contributed by atoms with Crippen molar-refractivity contribution in [1.82, 2.24) is 5.32 Å². The largest absolute Gasteiger partial charge is 0.497 e. The Labute approximate surface area is 185 Å². The molecular formula is C21H27NO10. The van der Waals surface area contributed by atoms with Crippen LogP contribution < -0.4 is 14.8 Å². The molecule has 0 saturated carbocycles. The van der Waals surface area contributed by atoms with Crippen LogP contribution in [0.3, 0.4) is 0 Å². The Hall–Kier alpha value is -3.34. The molecule has 1 saturated heterocycles. The molecule has 2 rings (SSSR count). The molecule has 176 valence electrons. The highest BCUT2D eigenvalue weighted by molar-refractivity contribution is 5.73. The van der Waals surface area contributed by atoms with Gasteiger partial charge in [0.25, 0.3) is 0 Å². The predicted octanol–water partition coefficient (Wildman–Crippen LogP) is 0.730. The zero-order valence-corrected chi connectivity index (χ0v) is 18.5. The molecule has 0 aliphatic carbocycles. The molecular weight excluding hydrogens is 426 g/mol. The molecule has 11 nitrogen and oxygen atoms in total. The zero-order chi connectivity index (χ0) is 23.8. The van der Waals surface area contributed by atoms with Crippen molar-refractivity contribution in [3.8, 4) is 11.5 Å². The Morgan fingerprint density at radius 1 is 0.938 bits per heavy atom. The standard InChI is InChI=1S/C21H27NO10/c1-11(23)22-18-20(30-14(4)26)19(29-13(3)25)17(10-28-12(2)24)32-21(18)31-16-8-6-7-15(9-16)27-5/h6-9,17-21H,10H2,1-5H3,(H,22,23)/t17-,18+,19-,20+,21+/m1/s1. The Morgan fingerprint density at radius 2 is 1.56 bits per heavy atom. The lowest BCUT2D eigenvalue weighted by Crippen LogP contribution is -2.67. The van der Waals surface area contributed by atoms with E-state index in [9.17, 15) is 19.2 Å². The van der Waals surface area contributed by atoms with Crippen molar-refractivity contribution >= 4 is 23.8 Å². The zero-order valence-electron chi connectivity index (χ0n) is 18.5. The summed E-state index contributed by atoms with van der Waals surface area (Å²) < 4.78 is 32.8. The molecule has 1 aliphatic rings. The van der Waals surface area contributed by atoms with Crippen molar-refractivity contribution in [3.05, 3.63) is 24.3 Å². The molecule has 1 aliphatic heterocycles. The molecule has 0 radical (unpaired) electrons. The average Bonchev–Trinajstić information content (AvgIpc) is 2.70. The van der Waals surface area contributed by atoms with Gasteiger partial charge in [-0.3, -0.25) is 19.2 Å². The first-order valence-electron chi connectivity index (χ1n) is 9.81. The second-order valence-corrected chi connectivity index (χ2v) is 7.02. The SMILES string of the molecule is COc1cccc(O[C@H]2O[C@H](COC(C)=O)[C@@H](OC(C)=O)[C@@H](OC(C)=O)[C@@H]2NC(C)=O)c1. The average molecular weight is 453 g/mol. The second-order valence-electron chi connectivity index (χ2n) is 7.02. The first-order chi connectivity index (χ1) is 15.1. The van der Waals surface area contributed by atoms with Crippen molar-refractivity contribution in [1.29, 1.82) is 0 Å². The van der Waals surface area contributed by atoms with Crippen molar-refractivity contribution in [2.75, 3.05) is 13.7 Å². The summed E-state index contributed by atoms with van der Waals surface area (Å²) in [5.74, 6) is -1.57. The van der Waals surface area contributed by atoms with Crippen molar-refractivity contribution in [3.63, 3.8) is 0 Å². The van der Waals surface area contributed by atoms with Gasteiger partial charge in [-0.25, -0.2) is 0 Å². The monoisotopic (exact) mass is 453 g/mol. The van der Waals surface area contributed by atoms with Crippen LogP contribution in [0.2, 0.25) is 0 Å². The van der Waals surface area contributed by atoms with E-state index in [-0.39, 0.29) is 6.61 Å². The lowest BCUT2D eigenvalue weighted by atomic mass is 9.96. The predicted molar refractivity (Wildman–Crippen MR) is 108 cm³/mol. The number of amides is 1. The van der Waals surface area contributed by atoms with Gasteiger partial charge in [-0.15, -0.1) is 0 Å². The highest BCUT2D eigenvalue weighted by Gasteiger charge is 2.51. The molecule has 5 atom stereocenters. The Morgan fingerprint density at radius 3 is 2.12 bits per heavy atom. The maximum atomic E-state index is 11.9. The van der Waals surface area contributed by atoms with E-state index < -0.39 is 54.5 Å². The summed E-state index contributed by atoms with van der Waals surface area (Å²) in [5.41, 5.74) is 0. The third-order valence-electron chi connectivity index (χ3n) is 4.36. The second kappa shape index (κ2) is 11.3. The molecule has 0 unspecified atom stereocenters. The summed E-state index contributed by atoms with van der Waals surface area (Å²) in [6.45, 7) is 4.50. The Balaban J connectivity index is 2.45. The summed E-state index contributed by atoms with van der Waals surface area (Å²) in [4.78, 5) is 46.8. The summed E-state index contributed by atoms with van der Waals surface area (Å²) in [6, 6.07) is 5.57. The van der Waals surface area contributed by atoms with Gasteiger partial charge in [-0.05, 0) is 12.1 Å². The van der Waals surface area contributed by atoms with Crippen LogP contribution in [0.5, 0.6) is 11.5 Å². The van der Waals surface area contributed by atoms with Crippen LogP contribution in [0, 0.1) is 0 Å². The van der Waals surface area contributed by atoms with Gasteiger partial charge in [0.15, 0.2) is 12.2 Å². The van der Waals surface area contributed by atoms with Crippen molar-refractivity contribution in [2.24, 2.45) is 0 Å². The van der Waals surface area contributed by atoms with E-state index in [2.05, 4.69) is 5.32 Å². The number of carbonyl (C=O) groups is 4. The number of methoxy groups -OCH3 is 1. The van der Waals surface area contributed by atoms with Gasteiger partial charge in [0.05, 0.1) is 7.11 Å². The highest BCUT2D eigenvalue weighted by Crippen LogP contribution is 2.30. The molecule has 1 aromatic rings. The first kappa shape index (κ1) is 24.9. The number of ether oxygens (including phenoxy) is 6. The van der Waals surface area contributed by atoms with Gasteiger partial charge < -0.3 is 33.7 Å². The summed E-state index contributed by atoms with van der Waals surface area (Å²) >= 11 is 0. The number of hydrogen-bond donors (Lipinski definition) is 1. The topological polar surface area (TPSA) is 136 Å². The van der Waals surface area contributed by atoms with E-state index in [1.54, 1.807) is 24.3 Å². The quantitative estimate of drug-likeness (QED) is 0.443. The summed E-state index contributed by atoms with van der Waals surface area (Å²) in [5, 5.41) is 2.63. The number of esters is 3. The van der Waals surface area contributed by atoms with Gasteiger partial charge in [-0.1, -0.05) is 6.07 Å². The molecule has 1 heterocycles. The minimum Gasteiger partial charge on any atom is -0.497 e. The molecule has 11 heteroatoms. The lowest BCUT2D eigenvalue weighted by Gasteiger charge is -2.44. The summed E-state index contributed by atoms with van der Waals surface area (Å²) in [7, 11) is 1.49. The van der Waals surface area contributed by atoms with Gasteiger partial charge in [0.2, 0.25) is 12.2 Å². The molecule has 0 aromatic heterocycles. The van der Waals surface area contributed by atoms with Crippen LogP contribution in [0.4, 0.5) is 0 Å². The number of hydrogen-bond acceptors (Lipinski definition) is 10. The Bertz CT molecular complexity index is 842. The maximum Gasteiger partial charge on any atom is 0.303 e. The minimum absolute atomic E-state index is 0.310. The fourth-order valence-electron chi connectivity index (χ4n) is 3.20. The number of nitrogens with one attached hydrogen (secondary N) is 1. The van der Waals surface area contributed by atoms with E-state index in [1.807, 2.05) is 0 Å². The number of carbonyl (C=O) groups excluding carboxylic acids is 4. The third-order valence-corrected chi connectivity index (χ3v) is 4.36. The number of rotatable bonds is 8. The normalized spacial score (nSPS) is 24.6. The molecule has 1 fully saturated rings. The van der Waals surface area contributed by atoms with Crippen LogP contribution in [-0.4, -0.2) is 68.2 Å². The van der Waals surface area contributed by atoms with Crippen molar-refractivity contribution in [2.45, 2.75) is 58.3 Å². The van der Waals surface area contributed by atoms with Crippen LogP contribution in [0.25, 0.3) is 0 Å². The van der Waals surface area contributed by atoms with Gasteiger partial charge >= 0.3 is 17.9 Å². The van der Waals surface area contributed by atoms with Gasteiger partial charge in [0.1, 0.15) is 30.3 Å².